The lowest BCUT2D eigenvalue weighted by molar-refractivity contribution is -0.145. The summed E-state index contributed by atoms with van der Waals surface area (Å²) in [6.07, 6.45) is 5.36. The van der Waals surface area contributed by atoms with Crippen LogP contribution in [0.15, 0.2) is 0 Å². The number of hydrogen-bond acceptors (Lipinski definition) is 5. The van der Waals surface area contributed by atoms with E-state index in [-0.39, 0.29) is 18.4 Å². The van der Waals surface area contributed by atoms with Gasteiger partial charge in [0, 0.05) is 25.6 Å². The number of unbranched alkanes of at least 4 members (excludes halogenated alkanes) is 3. The van der Waals surface area contributed by atoms with Crippen LogP contribution < -0.4 is 11.1 Å². The Balaban J connectivity index is 2.10. The molecule has 0 unspecified atom stereocenters. The lowest BCUT2D eigenvalue weighted by Gasteiger charge is -2.25. The van der Waals surface area contributed by atoms with Gasteiger partial charge >= 0.3 is 5.97 Å². The van der Waals surface area contributed by atoms with Crippen molar-refractivity contribution in [1.29, 1.82) is 0 Å². The van der Waals surface area contributed by atoms with Crippen LogP contribution in [0.5, 0.6) is 0 Å². The number of cyclic esters (lactones) is 1. The third kappa shape index (κ3) is 5.63. The molecule has 1 saturated heterocycles. The molecule has 1 heterocycles. The van der Waals surface area contributed by atoms with Crippen LogP contribution in [-0.4, -0.2) is 37.4 Å². The number of carbonyl (C=O) groups excluding carboxylic acids is 2. The van der Waals surface area contributed by atoms with Crippen LogP contribution >= 0.6 is 0 Å². The minimum Gasteiger partial charge on any atom is -0.462 e. The molecular weight excluding hydrogens is 272 g/mol. The first kappa shape index (κ1) is 17.9. The Morgan fingerprint density at radius 3 is 2.62 bits per heavy atom. The topological polar surface area (TPSA) is 90.6 Å². The van der Waals surface area contributed by atoms with Crippen molar-refractivity contribution >= 4 is 11.9 Å². The van der Waals surface area contributed by atoms with Gasteiger partial charge in [-0.3, -0.25) is 10.5 Å². The third-order valence-electron chi connectivity index (χ3n) is 3.76. The molecular formula is C15H28N2O4. The standard InChI is InChI=1S/C15H28N2O4/c1-3-4-6-9-20-10-7-5-8-13(18)17-15(16)12(2)11-21-14(15)19/h12H,3-11,16H2,1-2H3,(H,17,18)/t12-,15+/m1/s1. The monoisotopic (exact) mass is 300 g/mol. The minimum absolute atomic E-state index is 0.212. The number of hydrogen-bond donors (Lipinski definition) is 2. The highest BCUT2D eigenvalue weighted by Gasteiger charge is 2.48. The van der Waals surface area contributed by atoms with Crippen LogP contribution in [0.3, 0.4) is 0 Å². The minimum atomic E-state index is -1.37. The molecule has 1 aliphatic heterocycles. The van der Waals surface area contributed by atoms with Gasteiger partial charge in [-0.15, -0.1) is 0 Å². The number of rotatable bonds is 10. The van der Waals surface area contributed by atoms with E-state index in [0.717, 1.165) is 25.9 Å². The number of amides is 1. The van der Waals surface area contributed by atoms with Gasteiger partial charge in [0.05, 0.1) is 6.61 Å². The van der Waals surface area contributed by atoms with Crippen molar-refractivity contribution in [1.82, 2.24) is 5.32 Å². The van der Waals surface area contributed by atoms with Gasteiger partial charge in [-0.2, -0.15) is 0 Å². The molecule has 6 nitrogen and oxygen atoms in total. The van der Waals surface area contributed by atoms with E-state index in [2.05, 4.69) is 12.2 Å². The molecule has 6 heteroatoms. The molecule has 0 aliphatic carbocycles. The zero-order chi connectivity index (χ0) is 15.7. The fourth-order valence-corrected chi connectivity index (χ4v) is 2.17. The second-order valence-corrected chi connectivity index (χ2v) is 5.69. The van der Waals surface area contributed by atoms with Crippen LogP contribution in [0.2, 0.25) is 0 Å². The average molecular weight is 300 g/mol. The van der Waals surface area contributed by atoms with Crippen molar-refractivity contribution in [2.75, 3.05) is 19.8 Å². The first-order valence-corrected chi connectivity index (χ1v) is 7.85. The Bertz CT molecular complexity index is 349. The predicted octanol–water partition coefficient (Wildman–Crippen LogP) is 1.33. The van der Waals surface area contributed by atoms with Crippen LogP contribution in [-0.2, 0) is 19.1 Å². The van der Waals surface area contributed by atoms with Gasteiger partial charge in [0.2, 0.25) is 5.91 Å². The van der Waals surface area contributed by atoms with Gasteiger partial charge < -0.3 is 14.8 Å². The van der Waals surface area contributed by atoms with Gasteiger partial charge in [0.15, 0.2) is 5.66 Å². The lowest BCUT2D eigenvalue weighted by atomic mass is 9.98. The molecule has 0 saturated carbocycles. The van der Waals surface area contributed by atoms with Gasteiger partial charge in [-0.25, -0.2) is 4.79 Å². The second kappa shape index (κ2) is 9.00. The maximum absolute atomic E-state index is 11.8. The van der Waals surface area contributed by atoms with E-state index in [9.17, 15) is 9.59 Å². The number of carbonyl (C=O) groups is 2. The normalized spacial score (nSPS) is 24.9. The number of ether oxygens (including phenoxy) is 2. The Morgan fingerprint density at radius 2 is 2.05 bits per heavy atom. The lowest BCUT2D eigenvalue weighted by Crippen LogP contribution is -2.62. The summed E-state index contributed by atoms with van der Waals surface area (Å²) in [6, 6.07) is 0. The second-order valence-electron chi connectivity index (χ2n) is 5.69. The molecule has 122 valence electrons. The summed E-state index contributed by atoms with van der Waals surface area (Å²) in [5.41, 5.74) is 4.55. The van der Waals surface area contributed by atoms with Crippen molar-refractivity contribution in [2.24, 2.45) is 11.7 Å². The third-order valence-corrected chi connectivity index (χ3v) is 3.76. The Labute approximate surface area is 126 Å². The Kier molecular flexibility index (Phi) is 7.67. The van der Waals surface area contributed by atoms with E-state index >= 15 is 0 Å². The van der Waals surface area contributed by atoms with Crippen molar-refractivity contribution in [2.45, 2.75) is 58.0 Å². The molecule has 0 radical (unpaired) electrons. The summed E-state index contributed by atoms with van der Waals surface area (Å²) in [5, 5.41) is 2.60. The molecule has 3 N–H and O–H groups in total. The molecule has 0 spiro atoms. The number of nitrogens with two attached hydrogens (primary N) is 1. The maximum atomic E-state index is 11.8. The van der Waals surface area contributed by atoms with Crippen LogP contribution in [0, 0.1) is 5.92 Å². The Hall–Kier alpha value is -1.14. The number of nitrogens with one attached hydrogen (secondary N) is 1. The molecule has 0 aromatic carbocycles. The highest BCUT2D eigenvalue weighted by molar-refractivity contribution is 5.89. The first-order chi connectivity index (χ1) is 10.0. The Morgan fingerprint density at radius 1 is 1.38 bits per heavy atom. The molecule has 0 aromatic heterocycles. The first-order valence-electron chi connectivity index (χ1n) is 7.85. The van der Waals surface area contributed by atoms with E-state index < -0.39 is 11.6 Å². The largest absolute Gasteiger partial charge is 0.462 e. The number of esters is 1. The predicted molar refractivity (Wildman–Crippen MR) is 79.4 cm³/mol. The van der Waals surface area contributed by atoms with Crippen molar-refractivity contribution in [3.8, 4) is 0 Å². The zero-order valence-corrected chi connectivity index (χ0v) is 13.2. The van der Waals surface area contributed by atoms with Crippen LogP contribution in [0.4, 0.5) is 0 Å². The fourth-order valence-electron chi connectivity index (χ4n) is 2.17. The molecule has 1 amide bonds. The smallest absolute Gasteiger partial charge is 0.347 e. The summed E-state index contributed by atoms with van der Waals surface area (Å²) in [5.74, 6) is -0.979. The summed E-state index contributed by atoms with van der Waals surface area (Å²) < 4.78 is 10.3. The van der Waals surface area contributed by atoms with E-state index in [1.807, 2.05) is 0 Å². The molecule has 0 bridgehead atoms. The average Bonchev–Trinajstić information content (AvgIpc) is 2.69. The van der Waals surface area contributed by atoms with Crippen LogP contribution in [0.25, 0.3) is 0 Å². The molecule has 1 rings (SSSR count). The molecule has 0 aromatic rings. The van der Waals surface area contributed by atoms with Crippen molar-refractivity contribution < 1.29 is 19.1 Å². The summed E-state index contributed by atoms with van der Waals surface area (Å²) in [6.45, 7) is 5.65. The SMILES string of the molecule is CCCCCOCCCCC(=O)N[C@]1(N)C(=O)OC[C@H]1C. The van der Waals surface area contributed by atoms with E-state index in [1.165, 1.54) is 12.8 Å². The summed E-state index contributed by atoms with van der Waals surface area (Å²) in [4.78, 5) is 23.4. The van der Waals surface area contributed by atoms with Crippen molar-refractivity contribution in [3.05, 3.63) is 0 Å². The van der Waals surface area contributed by atoms with E-state index in [0.29, 0.717) is 13.0 Å². The van der Waals surface area contributed by atoms with E-state index in [1.54, 1.807) is 6.92 Å². The molecule has 21 heavy (non-hydrogen) atoms. The molecule has 1 fully saturated rings. The van der Waals surface area contributed by atoms with Crippen LogP contribution in [0.1, 0.15) is 52.4 Å². The molecule has 1 aliphatic rings. The zero-order valence-electron chi connectivity index (χ0n) is 13.2. The van der Waals surface area contributed by atoms with E-state index in [4.69, 9.17) is 15.2 Å². The van der Waals surface area contributed by atoms with Gasteiger partial charge in [0.25, 0.3) is 0 Å². The highest BCUT2D eigenvalue weighted by atomic mass is 16.5. The quantitative estimate of drug-likeness (QED) is 0.361. The fraction of sp³-hybridized carbons (Fsp3) is 0.867. The summed E-state index contributed by atoms with van der Waals surface area (Å²) >= 11 is 0. The molecule has 2 atom stereocenters. The van der Waals surface area contributed by atoms with Gasteiger partial charge in [-0.1, -0.05) is 26.7 Å². The maximum Gasteiger partial charge on any atom is 0.347 e. The summed E-state index contributed by atoms with van der Waals surface area (Å²) in [7, 11) is 0. The highest BCUT2D eigenvalue weighted by Crippen LogP contribution is 2.21. The van der Waals surface area contributed by atoms with Gasteiger partial charge in [-0.05, 0) is 19.3 Å². The van der Waals surface area contributed by atoms with Crippen molar-refractivity contribution in [3.63, 3.8) is 0 Å². The van der Waals surface area contributed by atoms with Gasteiger partial charge in [0.1, 0.15) is 0 Å².